The lowest BCUT2D eigenvalue weighted by molar-refractivity contribution is 0.272. The number of aromatic nitrogens is 1. The molecule has 18 heavy (non-hydrogen) atoms. The molecule has 1 fully saturated rings. The highest BCUT2D eigenvalue weighted by Gasteiger charge is 2.16. The minimum Gasteiger partial charge on any atom is -0.308 e. The third kappa shape index (κ3) is 3.43. The van der Waals surface area contributed by atoms with Crippen molar-refractivity contribution in [2.75, 3.05) is 18.5 Å². The average Bonchev–Trinajstić information content (AvgIpc) is 2.64. The number of hydrogen-bond donors (Lipinski definition) is 2. The lowest BCUT2D eigenvalue weighted by atomic mass is 9.98. The third-order valence-electron chi connectivity index (χ3n) is 3.94. The molecule has 0 spiro atoms. The predicted octanol–water partition coefficient (Wildman–Crippen LogP) is 2.38. The Morgan fingerprint density at radius 2 is 2.33 bits per heavy atom. The van der Waals surface area contributed by atoms with Gasteiger partial charge >= 0.3 is 0 Å². The van der Waals surface area contributed by atoms with Crippen LogP contribution in [0, 0.1) is 5.92 Å². The maximum Gasteiger partial charge on any atom is 0.144 e. The minimum atomic E-state index is 0.800. The number of hydrazine groups is 1. The van der Waals surface area contributed by atoms with Crippen LogP contribution in [0.5, 0.6) is 0 Å². The van der Waals surface area contributed by atoms with Gasteiger partial charge in [0.05, 0.1) is 0 Å². The molecule has 0 saturated carbocycles. The molecule has 1 atom stereocenters. The van der Waals surface area contributed by atoms with Crippen LogP contribution in [0.3, 0.4) is 0 Å². The van der Waals surface area contributed by atoms with Gasteiger partial charge in [0.15, 0.2) is 0 Å². The molecule has 0 bridgehead atoms. The Labute approximate surface area is 110 Å². The molecule has 1 aliphatic rings. The van der Waals surface area contributed by atoms with Crippen LogP contribution in [0.25, 0.3) is 0 Å². The van der Waals surface area contributed by atoms with Crippen molar-refractivity contribution in [3.63, 3.8) is 0 Å². The first kappa shape index (κ1) is 13.3. The molecule has 100 valence electrons. The van der Waals surface area contributed by atoms with Gasteiger partial charge in [0.2, 0.25) is 0 Å². The molecular weight excluding hydrogens is 224 g/mol. The molecule has 1 aliphatic heterocycles. The summed E-state index contributed by atoms with van der Waals surface area (Å²) in [6.07, 6.45) is 7.10. The van der Waals surface area contributed by atoms with E-state index in [0.29, 0.717) is 0 Å². The van der Waals surface area contributed by atoms with Gasteiger partial charge in [0.1, 0.15) is 5.82 Å². The monoisotopic (exact) mass is 248 g/mol. The quantitative estimate of drug-likeness (QED) is 0.634. The van der Waals surface area contributed by atoms with Gasteiger partial charge in [0.25, 0.3) is 0 Å². The second kappa shape index (κ2) is 6.71. The van der Waals surface area contributed by atoms with E-state index >= 15 is 0 Å². The Bertz CT molecular complexity index is 367. The SMILES string of the molecule is CCC1CCCN(Cc2cccnc2NN)CC1. The first-order chi connectivity index (χ1) is 8.83. The van der Waals surface area contributed by atoms with E-state index in [0.717, 1.165) is 18.3 Å². The Balaban J connectivity index is 1.96. The highest BCUT2D eigenvalue weighted by Crippen LogP contribution is 2.22. The van der Waals surface area contributed by atoms with Gasteiger partial charge in [-0.2, -0.15) is 0 Å². The summed E-state index contributed by atoms with van der Waals surface area (Å²) in [7, 11) is 0. The molecule has 4 nitrogen and oxygen atoms in total. The van der Waals surface area contributed by atoms with Crippen LogP contribution >= 0.6 is 0 Å². The van der Waals surface area contributed by atoms with Gasteiger partial charge in [-0.15, -0.1) is 0 Å². The average molecular weight is 248 g/mol. The maximum atomic E-state index is 5.50. The summed E-state index contributed by atoms with van der Waals surface area (Å²) in [4.78, 5) is 6.78. The zero-order chi connectivity index (χ0) is 12.8. The first-order valence-corrected chi connectivity index (χ1v) is 6.96. The molecule has 0 aromatic carbocycles. The zero-order valence-electron chi connectivity index (χ0n) is 11.2. The molecule has 1 saturated heterocycles. The topological polar surface area (TPSA) is 54.2 Å². The number of nitrogens with two attached hydrogens (primary N) is 1. The van der Waals surface area contributed by atoms with Gasteiger partial charge in [-0.1, -0.05) is 19.4 Å². The Morgan fingerprint density at radius 1 is 1.44 bits per heavy atom. The Hall–Kier alpha value is -1.13. The van der Waals surface area contributed by atoms with Gasteiger partial charge in [-0.05, 0) is 44.3 Å². The largest absolute Gasteiger partial charge is 0.308 e. The number of nitrogens with zero attached hydrogens (tertiary/aromatic N) is 2. The van der Waals surface area contributed by atoms with E-state index in [-0.39, 0.29) is 0 Å². The van der Waals surface area contributed by atoms with Crippen LogP contribution in [0.4, 0.5) is 5.82 Å². The first-order valence-electron chi connectivity index (χ1n) is 6.96. The summed E-state index contributed by atoms with van der Waals surface area (Å²) in [5.41, 5.74) is 3.87. The van der Waals surface area contributed by atoms with Crippen molar-refractivity contribution >= 4 is 5.82 Å². The Morgan fingerprint density at radius 3 is 3.11 bits per heavy atom. The lowest BCUT2D eigenvalue weighted by Crippen LogP contribution is -2.25. The van der Waals surface area contributed by atoms with Crippen LogP contribution in [0.15, 0.2) is 18.3 Å². The van der Waals surface area contributed by atoms with E-state index in [9.17, 15) is 0 Å². The van der Waals surface area contributed by atoms with Crippen molar-refractivity contribution in [1.29, 1.82) is 0 Å². The van der Waals surface area contributed by atoms with E-state index < -0.39 is 0 Å². The summed E-state index contributed by atoms with van der Waals surface area (Å²) in [5, 5.41) is 0. The standard InChI is InChI=1S/C14H24N4/c1-2-12-5-4-9-18(10-7-12)11-13-6-3-8-16-14(13)17-15/h3,6,8,12H,2,4-5,7,9-11,15H2,1H3,(H,16,17). The van der Waals surface area contributed by atoms with E-state index in [2.05, 4.69) is 28.3 Å². The van der Waals surface area contributed by atoms with Crippen LogP contribution < -0.4 is 11.3 Å². The second-order valence-electron chi connectivity index (χ2n) is 5.14. The van der Waals surface area contributed by atoms with Gasteiger partial charge in [-0.3, -0.25) is 4.90 Å². The molecule has 3 N–H and O–H groups in total. The van der Waals surface area contributed by atoms with Crippen molar-refractivity contribution in [1.82, 2.24) is 9.88 Å². The molecule has 4 heteroatoms. The second-order valence-corrected chi connectivity index (χ2v) is 5.14. The lowest BCUT2D eigenvalue weighted by Gasteiger charge is -2.21. The molecule has 2 rings (SSSR count). The summed E-state index contributed by atoms with van der Waals surface area (Å²) < 4.78 is 0. The molecule has 1 unspecified atom stereocenters. The summed E-state index contributed by atoms with van der Waals surface area (Å²) >= 11 is 0. The van der Waals surface area contributed by atoms with E-state index in [4.69, 9.17) is 5.84 Å². The summed E-state index contributed by atoms with van der Waals surface area (Å²) in [5.74, 6) is 7.21. The Kier molecular flexibility index (Phi) is 4.96. The van der Waals surface area contributed by atoms with Crippen LogP contribution in [-0.4, -0.2) is 23.0 Å². The highest BCUT2D eigenvalue weighted by atomic mass is 15.3. The van der Waals surface area contributed by atoms with Crippen LogP contribution in [-0.2, 0) is 6.54 Å². The van der Waals surface area contributed by atoms with Crippen molar-refractivity contribution in [2.45, 2.75) is 39.2 Å². The fraction of sp³-hybridized carbons (Fsp3) is 0.643. The van der Waals surface area contributed by atoms with Crippen LogP contribution in [0.1, 0.15) is 38.2 Å². The van der Waals surface area contributed by atoms with Crippen molar-refractivity contribution < 1.29 is 0 Å². The smallest absolute Gasteiger partial charge is 0.144 e. The highest BCUT2D eigenvalue weighted by molar-refractivity contribution is 5.42. The number of nitrogen functional groups attached to an aromatic ring is 1. The minimum absolute atomic E-state index is 0.800. The van der Waals surface area contributed by atoms with Gasteiger partial charge in [-0.25, -0.2) is 10.8 Å². The molecular formula is C14H24N4. The molecule has 0 aliphatic carbocycles. The number of nitrogens with one attached hydrogen (secondary N) is 1. The number of likely N-dealkylation sites (tertiary alicyclic amines) is 1. The molecule has 1 aromatic heterocycles. The maximum absolute atomic E-state index is 5.50. The van der Waals surface area contributed by atoms with E-state index in [1.54, 1.807) is 6.20 Å². The summed E-state index contributed by atoms with van der Waals surface area (Å²) in [6.45, 7) is 5.63. The third-order valence-corrected chi connectivity index (χ3v) is 3.94. The predicted molar refractivity (Wildman–Crippen MR) is 75.0 cm³/mol. The van der Waals surface area contributed by atoms with Gasteiger partial charge in [0, 0.05) is 18.3 Å². The van der Waals surface area contributed by atoms with Crippen molar-refractivity contribution in [2.24, 2.45) is 11.8 Å². The normalized spacial score (nSPS) is 21.6. The number of rotatable bonds is 4. The van der Waals surface area contributed by atoms with E-state index in [1.807, 2.05) is 6.07 Å². The fourth-order valence-electron chi connectivity index (χ4n) is 2.73. The molecule has 0 amide bonds. The zero-order valence-corrected chi connectivity index (χ0v) is 11.2. The number of pyridine rings is 1. The summed E-state index contributed by atoms with van der Waals surface area (Å²) in [6, 6.07) is 4.08. The van der Waals surface area contributed by atoms with E-state index in [1.165, 1.54) is 44.3 Å². The fourth-order valence-corrected chi connectivity index (χ4v) is 2.73. The van der Waals surface area contributed by atoms with Gasteiger partial charge < -0.3 is 5.43 Å². The van der Waals surface area contributed by atoms with Crippen molar-refractivity contribution in [3.05, 3.63) is 23.9 Å². The number of hydrogen-bond acceptors (Lipinski definition) is 4. The molecule has 0 radical (unpaired) electrons. The molecule has 1 aromatic rings. The number of anilines is 1. The molecule has 2 heterocycles. The van der Waals surface area contributed by atoms with Crippen molar-refractivity contribution in [3.8, 4) is 0 Å². The van der Waals surface area contributed by atoms with Crippen LogP contribution in [0.2, 0.25) is 0 Å².